The number of carbonyl (C=O) groups excluding carboxylic acids is 2. The topological polar surface area (TPSA) is 89.3 Å². The Labute approximate surface area is 180 Å². The number of pyridine rings is 1. The Hall–Kier alpha value is -3.67. The first-order chi connectivity index (χ1) is 15.0. The number of aromatic nitrogens is 1. The SMILES string of the molecule is Cc1nc(CC(=O)C2(c3ccc4c(c3)OCO4)CC2)ccc1-c1cccc(C([NH])=O)c1. The Kier molecular flexibility index (Phi) is 4.50. The van der Waals surface area contributed by atoms with E-state index in [-0.39, 0.29) is 19.0 Å². The molecule has 0 unspecified atom stereocenters. The molecule has 1 fully saturated rings. The van der Waals surface area contributed by atoms with E-state index in [1.54, 1.807) is 18.2 Å². The molecule has 6 nitrogen and oxygen atoms in total. The minimum atomic E-state index is -0.715. The normalized spacial score (nSPS) is 15.5. The second-order valence-electron chi connectivity index (χ2n) is 8.10. The first kappa shape index (κ1) is 19.3. The number of rotatable bonds is 6. The zero-order valence-corrected chi connectivity index (χ0v) is 17.1. The molecule has 1 saturated carbocycles. The van der Waals surface area contributed by atoms with Crippen LogP contribution in [0.1, 0.15) is 40.2 Å². The summed E-state index contributed by atoms with van der Waals surface area (Å²) in [5, 5.41) is 0. The van der Waals surface area contributed by atoms with Crippen LogP contribution >= 0.6 is 0 Å². The van der Waals surface area contributed by atoms with E-state index in [9.17, 15) is 9.59 Å². The average molecular weight is 413 g/mol. The zero-order valence-electron chi connectivity index (χ0n) is 17.1. The van der Waals surface area contributed by atoms with E-state index < -0.39 is 11.3 Å². The predicted octanol–water partition coefficient (Wildman–Crippen LogP) is 4.05. The summed E-state index contributed by atoms with van der Waals surface area (Å²) in [7, 11) is 0. The van der Waals surface area contributed by atoms with Crippen LogP contribution in [-0.4, -0.2) is 23.5 Å². The summed E-state index contributed by atoms with van der Waals surface area (Å²) in [6.45, 7) is 2.11. The molecule has 1 N–H and O–H groups in total. The molecule has 155 valence electrons. The van der Waals surface area contributed by atoms with Crippen LogP contribution in [-0.2, 0) is 16.6 Å². The summed E-state index contributed by atoms with van der Waals surface area (Å²) in [4.78, 5) is 29.2. The molecule has 2 heterocycles. The van der Waals surface area contributed by atoms with E-state index in [0.29, 0.717) is 11.3 Å². The zero-order chi connectivity index (χ0) is 21.6. The predicted molar refractivity (Wildman–Crippen MR) is 114 cm³/mol. The fourth-order valence-electron chi connectivity index (χ4n) is 4.23. The summed E-state index contributed by atoms with van der Waals surface area (Å²) >= 11 is 0. The van der Waals surface area contributed by atoms with Gasteiger partial charge < -0.3 is 9.47 Å². The lowest BCUT2D eigenvalue weighted by Gasteiger charge is -2.15. The maximum Gasteiger partial charge on any atom is 0.269 e. The molecule has 1 aromatic heterocycles. The number of fused-ring (bicyclic) bond motifs is 1. The van der Waals surface area contributed by atoms with E-state index in [2.05, 4.69) is 4.98 Å². The van der Waals surface area contributed by atoms with Crippen molar-refractivity contribution in [3.8, 4) is 22.6 Å². The van der Waals surface area contributed by atoms with E-state index in [4.69, 9.17) is 15.2 Å². The highest BCUT2D eigenvalue weighted by atomic mass is 16.7. The van der Waals surface area contributed by atoms with Crippen LogP contribution < -0.4 is 15.2 Å². The molecule has 0 spiro atoms. The van der Waals surface area contributed by atoms with Gasteiger partial charge in [-0.05, 0) is 61.2 Å². The highest BCUT2D eigenvalue weighted by Gasteiger charge is 2.51. The van der Waals surface area contributed by atoms with Crippen molar-refractivity contribution in [2.24, 2.45) is 0 Å². The van der Waals surface area contributed by atoms with E-state index in [1.165, 1.54) is 0 Å². The number of carbonyl (C=O) groups is 2. The second kappa shape index (κ2) is 7.23. The van der Waals surface area contributed by atoms with Crippen LogP contribution in [0.2, 0.25) is 0 Å². The number of ether oxygens (including phenoxy) is 2. The third-order valence-corrected chi connectivity index (χ3v) is 6.13. The van der Waals surface area contributed by atoms with Crippen molar-refractivity contribution in [1.82, 2.24) is 10.7 Å². The fraction of sp³-hybridized carbons (Fsp3) is 0.240. The number of hydrogen-bond donors (Lipinski definition) is 0. The molecule has 1 aliphatic heterocycles. The molecule has 31 heavy (non-hydrogen) atoms. The van der Waals surface area contributed by atoms with Crippen molar-refractivity contribution < 1.29 is 19.1 Å². The van der Waals surface area contributed by atoms with Gasteiger partial charge in [0.2, 0.25) is 6.79 Å². The van der Waals surface area contributed by atoms with Gasteiger partial charge in [0.25, 0.3) is 5.91 Å². The molecule has 6 heteroatoms. The standard InChI is InChI=1S/C25H21N2O4/c1-15-20(16-3-2-4-17(11-16)24(26)29)7-6-19(27-15)13-23(28)25(9-10-25)18-5-8-21-22(12-18)31-14-30-21/h2-8,11-12,26H,9-10,13-14H2,1H3. The average Bonchev–Trinajstić information content (AvgIpc) is 3.45. The van der Waals surface area contributed by atoms with Crippen LogP contribution in [0.3, 0.4) is 0 Å². The first-order valence-corrected chi connectivity index (χ1v) is 10.2. The second-order valence-corrected chi connectivity index (χ2v) is 8.10. The van der Waals surface area contributed by atoms with E-state index in [0.717, 1.165) is 46.7 Å². The summed E-state index contributed by atoms with van der Waals surface area (Å²) in [5.74, 6) is 0.861. The lowest BCUT2D eigenvalue weighted by molar-refractivity contribution is -0.120. The quantitative estimate of drug-likeness (QED) is 0.608. The van der Waals surface area contributed by atoms with Gasteiger partial charge in [0.05, 0.1) is 5.41 Å². The highest BCUT2D eigenvalue weighted by molar-refractivity contribution is 5.95. The number of aryl methyl sites for hydroxylation is 1. The Morgan fingerprint density at radius 1 is 1.03 bits per heavy atom. The van der Waals surface area contributed by atoms with Crippen LogP contribution in [0.25, 0.3) is 11.1 Å². The van der Waals surface area contributed by atoms with Gasteiger partial charge >= 0.3 is 0 Å². The van der Waals surface area contributed by atoms with Gasteiger partial charge in [-0.1, -0.05) is 24.3 Å². The number of nitrogens with zero attached hydrogens (tertiary/aromatic N) is 1. The van der Waals surface area contributed by atoms with Crippen molar-refractivity contribution in [2.75, 3.05) is 6.79 Å². The minimum absolute atomic E-state index is 0.160. The van der Waals surface area contributed by atoms with Gasteiger partial charge in [-0.2, -0.15) is 0 Å². The summed E-state index contributed by atoms with van der Waals surface area (Å²) in [5.41, 5.74) is 11.4. The molecule has 0 saturated heterocycles. The van der Waals surface area contributed by atoms with Crippen molar-refractivity contribution in [2.45, 2.75) is 31.6 Å². The molecule has 2 aliphatic rings. The lowest BCUT2D eigenvalue weighted by atomic mass is 9.88. The van der Waals surface area contributed by atoms with E-state index >= 15 is 0 Å². The molecule has 0 atom stereocenters. The molecule has 1 radical (unpaired) electrons. The number of hydrogen-bond acceptors (Lipinski definition) is 5. The number of nitrogens with one attached hydrogen (secondary N) is 1. The maximum absolute atomic E-state index is 13.2. The summed E-state index contributed by atoms with van der Waals surface area (Å²) in [6.07, 6.45) is 1.92. The van der Waals surface area contributed by atoms with Gasteiger partial charge in [0.15, 0.2) is 11.5 Å². The highest BCUT2D eigenvalue weighted by Crippen LogP contribution is 2.51. The molecule has 3 aromatic rings. The van der Waals surface area contributed by atoms with Crippen LogP contribution in [0.15, 0.2) is 54.6 Å². The number of benzene rings is 2. The first-order valence-electron chi connectivity index (χ1n) is 10.2. The minimum Gasteiger partial charge on any atom is -0.454 e. The Balaban J connectivity index is 1.37. The van der Waals surface area contributed by atoms with Gasteiger partial charge in [0.1, 0.15) is 5.78 Å². The number of Topliss-reactive ketones (excluding diaryl/α,β-unsaturated/α-hetero) is 1. The third kappa shape index (κ3) is 3.44. The van der Waals surface area contributed by atoms with Gasteiger partial charge in [-0.15, -0.1) is 0 Å². The fourth-order valence-corrected chi connectivity index (χ4v) is 4.23. The number of ketones is 1. The summed E-state index contributed by atoms with van der Waals surface area (Å²) in [6, 6.07) is 16.5. The largest absolute Gasteiger partial charge is 0.454 e. The molecular weight excluding hydrogens is 392 g/mol. The van der Waals surface area contributed by atoms with E-state index in [1.807, 2.05) is 43.3 Å². The molecular formula is C25H21N2O4. The molecule has 2 aromatic carbocycles. The van der Waals surface area contributed by atoms with Crippen molar-refractivity contribution in [3.05, 3.63) is 77.1 Å². The van der Waals surface area contributed by atoms with Crippen LogP contribution in [0.4, 0.5) is 0 Å². The maximum atomic E-state index is 13.2. The Morgan fingerprint density at radius 3 is 2.58 bits per heavy atom. The number of amides is 1. The summed E-state index contributed by atoms with van der Waals surface area (Å²) < 4.78 is 10.9. The van der Waals surface area contributed by atoms with Gasteiger partial charge in [-0.3, -0.25) is 20.3 Å². The molecule has 1 amide bonds. The Morgan fingerprint density at radius 2 is 1.84 bits per heavy atom. The lowest BCUT2D eigenvalue weighted by Crippen LogP contribution is -2.23. The molecule has 1 aliphatic carbocycles. The molecule has 5 rings (SSSR count). The monoisotopic (exact) mass is 413 g/mol. The van der Waals surface area contributed by atoms with Crippen molar-refractivity contribution in [1.29, 1.82) is 0 Å². The van der Waals surface area contributed by atoms with Gasteiger partial charge in [-0.25, -0.2) is 0 Å². The third-order valence-electron chi connectivity index (χ3n) is 6.13. The van der Waals surface area contributed by atoms with Crippen LogP contribution in [0, 0.1) is 6.92 Å². The van der Waals surface area contributed by atoms with Gasteiger partial charge in [0, 0.05) is 28.9 Å². The van der Waals surface area contributed by atoms with Crippen molar-refractivity contribution in [3.63, 3.8) is 0 Å². The smallest absolute Gasteiger partial charge is 0.269 e. The van der Waals surface area contributed by atoms with Crippen LogP contribution in [0.5, 0.6) is 11.5 Å². The Bertz CT molecular complexity index is 1210. The van der Waals surface area contributed by atoms with Crippen molar-refractivity contribution >= 4 is 11.7 Å². The molecule has 0 bridgehead atoms.